The van der Waals surface area contributed by atoms with E-state index in [1.165, 1.54) is 20.0 Å². The molecule has 0 aliphatic carbocycles. The first kappa shape index (κ1) is 26.3. The van der Waals surface area contributed by atoms with Gasteiger partial charge in [-0.15, -0.1) is 0 Å². The lowest BCUT2D eigenvalue weighted by molar-refractivity contribution is -0.137. The van der Waals surface area contributed by atoms with E-state index in [2.05, 4.69) is 20.3 Å². The first-order valence-corrected chi connectivity index (χ1v) is 11.7. The van der Waals surface area contributed by atoms with E-state index in [1.807, 2.05) is 27.7 Å². The number of carbonyl (C=O) groups is 3. The Morgan fingerprint density at radius 3 is 2.34 bits per heavy atom. The summed E-state index contributed by atoms with van der Waals surface area (Å²) in [6.45, 7) is 11.1. The van der Waals surface area contributed by atoms with Crippen LogP contribution in [0.25, 0.3) is 11.4 Å². The lowest BCUT2D eigenvalue weighted by atomic mass is 9.98. The standard InChI is InChI=1S/C24H31ClN6O4/c1-13-11-30(23(34)35-24(4,5)6)12-20(31(13)15(3)32)16-8-17(29-21(25)9-16)18-10-19(22(33)26-7)28-14(2)27-18/h8-10,13,20H,11-12H2,1-7H3,(H,26,33)/t13-,20+/m1/s1. The molecule has 1 saturated heterocycles. The van der Waals surface area contributed by atoms with Crippen LogP contribution >= 0.6 is 11.6 Å². The molecule has 2 aromatic heterocycles. The van der Waals surface area contributed by atoms with E-state index in [1.54, 1.807) is 28.9 Å². The first-order valence-electron chi connectivity index (χ1n) is 11.3. The maximum atomic E-state index is 12.8. The van der Waals surface area contributed by atoms with E-state index < -0.39 is 17.7 Å². The highest BCUT2D eigenvalue weighted by molar-refractivity contribution is 6.29. The molecular weight excluding hydrogens is 472 g/mol. The van der Waals surface area contributed by atoms with Gasteiger partial charge in [0.25, 0.3) is 5.91 Å². The van der Waals surface area contributed by atoms with Crippen molar-refractivity contribution in [2.75, 3.05) is 20.1 Å². The van der Waals surface area contributed by atoms with E-state index in [-0.39, 0.29) is 35.2 Å². The summed E-state index contributed by atoms with van der Waals surface area (Å²) in [5, 5.41) is 2.74. The van der Waals surface area contributed by atoms with E-state index in [9.17, 15) is 14.4 Å². The van der Waals surface area contributed by atoms with Gasteiger partial charge in [-0.25, -0.2) is 19.7 Å². The summed E-state index contributed by atoms with van der Waals surface area (Å²) in [5.74, 6) is -0.0753. The minimum Gasteiger partial charge on any atom is -0.444 e. The molecule has 2 aromatic rings. The monoisotopic (exact) mass is 502 g/mol. The molecule has 10 nitrogen and oxygen atoms in total. The molecule has 35 heavy (non-hydrogen) atoms. The molecule has 188 valence electrons. The van der Waals surface area contributed by atoms with Gasteiger partial charge in [0.2, 0.25) is 5.91 Å². The van der Waals surface area contributed by atoms with Gasteiger partial charge < -0.3 is 19.9 Å². The zero-order chi connectivity index (χ0) is 26.1. The van der Waals surface area contributed by atoms with Crippen LogP contribution in [0.5, 0.6) is 0 Å². The number of aromatic nitrogens is 3. The third kappa shape index (κ3) is 6.25. The predicted molar refractivity (Wildman–Crippen MR) is 131 cm³/mol. The molecule has 11 heteroatoms. The van der Waals surface area contributed by atoms with Crippen LogP contribution in [0.1, 0.15) is 62.5 Å². The zero-order valence-electron chi connectivity index (χ0n) is 21.0. The minimum absolute atomic E-state index is 0.124. The summed E-state index contributed by atoms with van der Waals surface area (Å²) in [4.78, 5) is 53.9. The fourth-order valence-electron chi connectivity index (χ4n) is 4.14. The van der Waals surface area contributed by atoms with Crippen molar-refractivity contribution in [3.05, 3.63) is 40.4 Å². The first-order chi connectivity index (χ1) is 16.3. The van der Waals surface area contributed by atoms with Gasteiger partial charge in [-0.3, -0.25) is 9.59 Å². The highest BCUT2D eigenvalue weighted by atomic mass is 35.5. The van der Waals surface area contributed by atoms with E-state index in [4.69, 9.17) is 16.3 Å². The number of nitrogens with one attached hydrogen (secondary N) is 1. The number of amides is 3. The fraction of sp³-hybridized carbons (Fsp3) is 0.500. The van der Waals surface area contributed by atoms with E-state index in [0.29, 0.717) is 29.3 Å². The minimum atomic E-state index is -0.645. The number of piperazine rings is 1. The molecule has 0 saturated carbocycles. The number of hydrogen-bond acceptors (Lipinski definition) is 7. The lowest BCUT2D eigenvalue weighted by Crippen LogP contribution is -2.57. The topological polar surface area (TPSA) is 118 Å². The van der Waals surface area contributed by atoms with Crippen LogP contribution < -0.4 is 5.32 Å². The summed E-state index contributed by atoms with van der Waals surface area (Å²) in [5.41, 5.74) is 1.09. The van der Waals surface area contributed by atoms with Gasteiger partial charge in [-0.1, -0.05) is 11.6 Å². The Morgan fingerprint density at radius 2 is 1.74 bits per heavy atom. The molecule has 3 rings (SSSR count). The molecule has 0 unspecified atom stereocenters. The molecule has 0 radical (unpaired) electrons. The number of aryl methyl sites for hydroxylation is 1. The number of ether oxygens (including phenoxy) is 1. The van der Waals surface area contributed by atoms with Gasteiger partial charge in [0.15, 0.2) is 0 Å². The molecule has 2 atom stereocenters. The molecule has 1 N–H and O–H groups in total. The van der Waals surface area contributed by atoms with Gasteiger partial charge in [0, 0.05) is 33.1 Å². The average molecular weight is 503 g/mol. The highest BCUT2D eigenvalue weighted by Crippen LogP contribution is 2.33. The summed E-state index contributed by atoms with van der Waals surface area (Å²) in [6.07, 6.45) is -0.445. The quantitative estimate of drug-likeness (QED) is 0.639. The normalized spacial score (nSPS) is 18.3. The second-order valence-corrected chi connectivity index (χ2v) is 9.94. The molecule has 3 heterocycles. The smallest absolute Gasteiger partial charge is 0.410 e. The van der Waals surface area contributed by atoms with Crippen LogP contribution in [0, 0.1) is 6.92 Å². The summed E-state index contributed by atoms with van der Waals surface area (Å²) in [7, 11) is 1.52. The van der Waals surface area contributed by atoms with Crippen molar-refractivity contribution in [1.29, 1.82) is 0 Å². The van der Waals surface area contributed by atoms with Crippen LogP contribution in [0.2, 0.25) is 5.15 Å². The van der Waals surface area contributed by atoms with Gasteiger partial charge in [-0.2, -0.15) is 0 Å². The van der Waals surface area contributed by atoms with Gasteiger partial charge >= 0.3 is 6.09 Å². The molecule has 0 aromatic carbocycles. The number of pyridine rings is 1. The van der Waals surface area contributed by atoms with E-state index in [0.717, 1.165) is 0 Å². The van der Waals surface area contributed by atoms with Gasteiger partial charge in [0.1, 0.15) is 22.3 Å². The SMILES string of the molecule is CNC(=O)c1cc(-c2cc([C@@H]3CN(C(=O)OC(C)(C)C)C[C@@H](C)N3C(C)=O)cc(Cl)n2)nc(C)n1. The third-order valence-electron chi connectivity index (χ3n) is 5.47. The Morgan fingerprint density at radius 1 is 1.09 bits per heavy atom. The third-order valence-corrected chi connectivity index (χ3v) is 5.66. The average Bonchev–Trinajstić information content (AvgIpc) is 2.75. The Balaban J connectivity index is 2.05. The maximum absolute atomic E-state index is 12.8. The van der Waals surface area contributed by atoms with E-state index >= 15 is 0 Å². The van der Waals surface area contributed by atoms with Crippen molar-refractivity contribution in [2.24, 2.45) is 0 Å². The fourth-order valence-corrected chi connectivity index (χ4v) is 4.36. The number of nitrogens with zero attached hydrogens (tertiary/aromatic N) is 5. The Hall–Kier alpha value is -3.27. The molecular formula is C24H31ClN6O4. The zero-order valence-corrected chi connectivity index (χ0v) is 21.8. The summed E-state index contributed by atoms with van der Waals surface area (Å²) in [6, 6.07) is 4.24. The molecule has 0 bridgehead atoms. The molecule has 1 aliphatic heterocycles. The van der Waals surface area contributed by atoms with Crippen molar-refractivity contribution in [1.82, 2.24) is 30.1 Å². The van der Waals surface area contributed by atoms with Crippen molar-refractivity contribution in [3.63, 3.8) is 0 Å². The number of rotatable bonds is 3. The van der Waals surface area contributed by atoms with Crippen molar-refractivity contribution in [3.8, 4) is 11.4 Å². The molecule has 0 spiro atoms. The Labute approximate surface area is 210 Å². The molecule has 1 fully saturated rings. The second-order valence-electron chi connectivity index (χ2n) is 9.55. The van der Waals surface area contributed by atoms with Crippen LogP contribution in [0.4, 0.5) is 4.79 Å². The summed E-state index contributed by atoms with van der Waals surface area (Å²) >= 11 is 6.40. The largest absolute Gasteiger partial charge is 0.444 e. The van der Waals surface area contributed by atoms with Gasteiger partial charge in [-0.05, 0) is 58.4 Å². The van der Waals surface area contributed by atoms with Crippen molar-refractivity contribution < 1.29 is 19.1 Å². The molecule has 1 aliphatic rings. The number of halogens is 1. The van der Waals surface area contributed by atoms with Crippen LogP contribution in [0.3, 0.4) is 0 Å². The predicted octanol–water partition coefficient (Wildman–Crippen LogP) is 3.39. The van der Waals surface area contributed by atoms with Crippen molar-refractivity contribution in [2.45, 2.75) is 59.2 Å². The Bertz CT molecular complexity index is 1150. The van der Waals surface area contributed by atoms with Gasteiger partial charge in [0.05, 0.1) is 17.4 Å². The number of carbonyl (C=O) groups excluding carboxylic acids is 3. The Kier molecular flexibility index (Phi) is 7.64. The van der Waals surface area contributed by atoms with Crippen LogP contribution in [0.15, 0.2) is 18.2 Å². The lowest BCUT2D eigenvalue weighted by Gasteiger charge is -2.45. The van der Waals surface area contributed by atoms with Crippen LogP contribution in [-0.2, 0) is 9.53 Å². The number of hydrogen-bond donors (Lipinski definition) is 1. The van der Waals surface area contributed by atoms with Crippen LogP contribution in [-0.4, -0.2) is 74.4 Å². The van der Waals surface area contributed by atoms with Crippen molar-refractivity contribution >= 4 is 29.5 Å². The maximum Gasteiger partial charge on any atom is 0.410 e. The summed E-state index contributed by atoms with van der Waals surface area (Å²) < 4.78 is 5.57. The second kappa shape index (κ2) is 10.2. The molecule has 3 amide bonds. The highest BCUT2D eigenvalue weighted by Gasteiger charge is 2.38.